The van der Waals surface area contributed by atoms with Crippen molar-refractivity contribution in [2.75, 3.05) is 39.3 Å². The third-order valence-electron chi connectivity index (χ3n) is 5.37. The second-order valence-electron chi connectivity index (χ2n) is 7.54. The van der Waals surface area contributed by atoms with E-state index in [1.165, 1.54) is 22.3 Å². The van der Waals surface area contributed by atoms with E-state index >= 15 is 0 Å². The van der Waals surface area contributed by atoms with Gasteiger partial charge in [-0.15, -0.1) is 0 Å². The maximum absolute atomic E-state index is 12.4. The van der Waals surface area contributed by atoms with E-state index in [0.29, 0.717) is 17.9 Å². The highest BCUT2D eigenvalue weighted by atomic mass is 16.5. The molecule has 1 saturated heterocycles. The zero-order valence-electron chi connectivity index (χ0n) is 17.7. The Hall–Kier alpha value is -3.23. The van der Waals surface area contributed by atoms with Crippen LogP contribution in [0.15, 0.2) is 53.5 Å². The number of nitrogens with one attached hydrogen (secondary N) is 1. The van der Waals surface area contributed by atoms with Crippen molar-refractivity contribution in [3.8, 4) is 0 Å². The van der Waals surface area contributed by atoms with Crippen LogP contribution in [-0.4, -0.2) is 69.7 Å². The summed E-state index contributed by atoms with van der Waals surface area (Å²) in [4.78, 5) is 33.8. The van der Waals surface area contributed by atoms with Crippen LogP contribution >= 0.6 is 0 Å². The Labute approximate surface area is 180 Å². The maximum Gasteiger partial charge on any atom is 0.343 e. The smallest absolute Gasteiger partial charge is 0.343 e. The lowest BCUT2D eigenvalue weighted by molar-refractivity contribution is 0.0528. The Morgan fingerprint density at radius 2 is 1.90 bits per heavy atom. The minimum atomic E-state index is -0.484. The van der Waals surface area contributed by atoms with Crippen molar-refractivity contribution in [2.24, 2.45) is 0 Å². The van der Waals surface area contributed by atoms with E-state index in [-0.39, 0.29) is 17.7 Å². The molecule has 1 aliphatic heterocycles. The van der Waals surface area contributed by atoms with Gasteiger partial charge in [0.25, 0.3) is 5.56 Å². The molecule has 0 spiro atoms. The lowest BCUT2D eigenvalue weighted by Gasteiger charge is -2.33. The Balaban J connectivity index is 1.36. The van der Waals surface area contributed by atoms with Crippen molar-refractivity contribution >= 4 is 17.7 Å². The Bertz CT molecular complexity index is 1110. The number of ether oxygens (including phenoxy) is 1. The Morgan fingerprint density at radius 1 is 1.16 bits per heavy atom. The molecule has 1 fully saturated rings. The molecule has 8 nitrogen and oxygen atoms in total. The number of aromatic amines is 1. The molecule has 3 heterocycles. The molecule has 0 saturated carbocycles. The molecule has 8 heteroatoms. The van der Waals surface area contributed by atoms with Gasteiger partial charge in [0.05, 0.1) is 12.3 Å². The van der Waals surface area contributed by atoms with Gasteiger partial charge in [0.1, 0.15) is 5.56 Å². The molecule has 1 aliphatic rings. The van der Waals surface area contributed by atoms with Crippen LogP contribution in [0, 0.1) is 0 Å². The lowest BCUT2D eigenvalue weighted by atomic mass is 10.2. The summed E-state index contributed by atoms with van der Waals surface area (Å²) in [6, 6.07) is 11.8. The van der Waals surface area contributed by atoms with Gasteiger partial charge in [-0.3, -0.25) is 19.7 Å². The van der Waals surface area contributed by atoms with E-state index < -0.39 is 5.97 Å². The van der Waals surface area contributed by atoms with Crippen LogP contribution in [0.4, 0.5) is 0 Å². The fraction of sp³-hybridized carbons (Fsp3) is 0.348. The number of rotatable bonds is 7. The third kappa shape index (κ3) is 5.10. The monoisotopic (exact) mass is 421 g/mol. The second kappa shape index (κ2) is 9.72. The topological polar surface area (TPSA) is 82.9 Å². The van der Waals surface area contributed by atoms with E-state index in [0.717, 1.165) is 32.7 Å². The lowest BCUT2D eigenvalue weighted by Crippen LogP contribution is -2.46. The molecule has 3 aromatic rings. The summed E-state index contributed by atoms with van der Waals surface area (Å²) >= 11 is 0. The molecule has 0 bridgehead atoms. The fourth-order valence-corrected chi connectivity index (χ4v) is 3.73. The van der Waals surface area contributed by atoms with Gasteiger partial charge in [0.15, 0.2) is 5.65 Å². The van der Waals surface area contributed by atoms with Gasteiger partial charge >= 0.3 is 5.97 Å². The van der Waals surface area contributed by atoms with Crippen molar-refractivity contribution in [1.82, 2.24) is 24.4 Å². The second-order valence-corrected chi connectivity index (χ2v) is 7.54. The summed E-state index contributed by atoms with van der Waals surface area (Å²) < 4.78 is 6.33. The summed E-state index contributed by atoms with van der Waals surface area (Å²) in [6.07, 6.45) is 5.81. The molecule has 0 radical (unpaired) electrons. The van der Waals surface area contributed by atoms with Gasteiger partial charge in [-0.05, 0) is 12.5 Å². The predicted octanol–water partition coefficient (Wildman–Crippen LogP) is 2.03. The highest BCUT2D eigenvalue weighted by molar-refractivity contribution is 5.95. The quantitative estimate of drug-likeness (QED) is 0.588. The number of esters is 1. The van der Waals surface area contributed by atoms with Crippen LogP contribution in [0.2, 0.25) is 0 Å². The van der Waals surface area contributed by atoms with E-state index in [1.807, 2.05) is 18.2 Å². The van der Waals surface area contributed by atoms with E-state index in [1.54, 1.807) is 6.92 Å². The van der Waals surface area contributed by atoms with Crippen molar-refractivity contribution in [3.63, 3.8) is 0 Å². The molecule has 1 aromatic carbocycles. The van der Waals surface area contributed by atoms with E-state index in [4.69, 9.17) is 4.74 Å². The highest BCUT2D eigenvalue weighted by Crippen LogP contribution is 2.11. The number of nitrogens with zero attached hydrogens (tertiary/aromatic N) is 4. The number of benzene rings is 1. The van der Waals surface area contributed by atoms with Gasteiger partial charge in [0, 0.05) is 51.5 Å². The number of carbonyl (C=O) groups is 1. The number of piperazine rings is 1. The number of hydrogen-bond acceptors (Lipinski definition) is 6. The molecule has 4 rings (SSSR count). The average Bonchev–Trinajstić information content (AvgIpc) is 3.21. The van der Waals surface area contributed by atoms with Gasteiger partial charge in [0.2, 0.25) is 0 Å². The number of fused-ring (bicyclic) bond motifs is 1. The summed E-state index contributed by atoms with van der Waals surface area (Å²) in [5, 5.41) is 2.78. The molecule has 162 valence electrons. The van der Waals surface area contributed by atoms with Crippen molar-refractivity contribution in [3.05, 3.63) is 75.8 Å². The summed E-state index contributed by atoms with van der Waals surface area (Å²) in [5.41, 5.74) is 2.22. The van der Waals surface area contributed by atoms with Crippen LogP contribution < -0.4 is 5.56 Å². The number of aromatic nitrogens is 3. The molecule has 0 amide bonds. The standard InChI is InChI=1S/C23H27N5O3/c1-2-31-23(30)20-16-24-28-21(29)15-19(25-22(20)28)17-27-13-11-26(12-14-27)10-6-9-18-7-4-3-5-8-18/h3-9,15-16,24H,2,10-14,17H2,1H3/b9-6+. The maximum atomic E-state index is 12.4. The minimum Gasteiger partial charge on any atom is -0.462 e. The van der Waals surface area contributed by atoms with Crippen LogP contribution in [0.3, 0.4) is 0 Å². The Kier molecular flexibility index (Phi) is 6.59. The van der Waals surface area contributed by atoms with Gasteiger partial charge < -0.3 is 4.74 Å². The third-order valence-corrected chi connectivity index (χ3v) is 5.37. The first-order valence-electron chi connectivity index (χ1n) is 10.6. The van der Waals surface area contributed by atoms with Gasteiger partial charge in [-0.2, -0.15) is 0 Å². The van der Waals surface area contributed by atoms with Crippen LogP contribution in [0.1, 0.15) is 28.5 Å². The zero-order chi connectivity index (χ0) is 21.6. The highest BCUT2D eigenvalue weighted by Gasteiger charge is 2.19. The van der Waals surface area contributed by atoms with Crippen molar-refractivity contribution in [2.45, 2.75) is 13.5 Å². The normalized spacial score (nSPS) is 15.6. The molecule has 31 heavy (non-hydrogen) atoms. The summed E-state index contributed by atoms with van der Waals surface area (Å²) in [6.45, 7) is 7.22. The molecule has 0 aliphatic carbocycles. The SMILES string of the molecule is CCOC(=O)c1c[nH]n2c(=O)cc(CN3CCN(C/C=C/c4ccccc4)CC3)nc12. The molecule has 2 aromatic heterocycles. The Morgan fingerprint density at radius 3 is 2.65 bits per heavy atom. The zero-order valence-corrected chi connectivity index (χ0v) is 17.7. The van der Waals surface area contributed by atoms with Crippen molar-refractivity contribution < 1.29 is 9.53 Å². The van der Waals surface area contributed by atoms with Gasteiger partial charge in [-0.25, -0.2) is 14.3 Å². The van der Waals surface area contributed by atoms with Crippen LogP contribution in [0.5, 0.6) is 0 Å². The molecular formula is C23H27N5O3. The fourth-order valence-electron chi connectivity index (χ4n) is 3.73. The largest absolute Gasteiger partial charge is 0.462 e. The predicted molar refractivity (Wildman–Crippen MR) is 119 cm³/mol. The van der Waals surface area contributed by atoms with E-state index in [9.17, 15) is 9.59 Å². The average molecular weight is 422 g/mol. The van der Waals surface area contributed by atoms with Crippen molar-refractivity contribution in [1.29, 1.82) is 0 Å². The first-order chi connectivity index (χ1) is 15.1. The van der Waals surface area contributed by atoms with Crippen LogP contribution in [0.25, 0.3) is 11.7 Å². The number of carbonyl (C=O) groups excluding carboxylic acids is 1. The van der Waals surface area contributed by atoms with E-state index in [2.05, 4.69) is 44.2 Å². The van der Waals surface area contributed by atoms with Crippen LogP contribution in [-0.2, 0) is 11.3 Å². The first kappa shape index (κ1) is 21.0. The molecule has 0 unspecified atom stereocenters. The number of H-pyrrole nitrogens is 1. The van der Waals surface area contributed by atoms with Gasteiger partial charge in [-0.1, -0.05) is 42.5 Å². The first-order valence-corrected chi connectivity index (χ1v) is 10.6. The molecular weight excluding hydrogens is 394 g/mol. The summed E-state index contributed by atoms with van der Waals surface area (Å²) in [5.74, 6) is -0.484. The summed E-state index contributed by atoms with van der Waals surface area (Å²) in [7, 11) is 0. The molecule has 1 N–H and O–H groups in total. The molecule has 0 atom stereocenters. The number of hydrogen-bond donors (Lipinski definition) is 1. The minimum absolute atomic E-state index is 0.236.